The number of anilines is 1. The Morgan fingerprint density at radius 1 is 1.05 bits per heavy atom. The quantitative estimate of drug-likeness (QED) is 0.244. The van der Waals surface area contributed by atoms with Crippen molar-refractivity contribution >= 4 is 34.3 Å². The molecule has 10 heteroatoms. The zero-order chi connectivity index (χ0) is 26.6. The number of nitrogens with one attached hydrogen (secondary N) is 1. The van der Waals surface area contributed by atoms with E-state index in [-0.39, 0.29) is 24.8 Å². The predicted octanol–water partition coefficient (Wildman–Crippen LogP) is 4.70. The van der Waals surface area contributed by atoms with Gasteiger partial charge in [0.05, 0.1) is 36.9 Å². The second kappa shape index (κ2) is 11.1. The van der Waals surface area contributed by atoms with E-state index in [0.717, 1.165) is 11.3 Å². The van der Waals surface area contributed by atoms with E-state index in [1.165, 1.54) is 11.8 Å². The number of hydrogen-bond acceptors (Lipinski definition) is 8. The molecule has 0 spiro atoms. The number of thioether (sulfide) groups is 1. The van der Waals surface area contributed by atoms with Crippen LogP contribution in [0.2, 0.25) is 0 Å². The van der Waals surface area contributed by atoms with Crippen molar-refractivity contribution in [3.63, 3.8) is 0 Å². The van der Waals surface area contributed by atoms with Crippen LogP contribution < -0.4 is 29.8 Å². The molecule has 1 aromatic heterocycles. The van der Waals surface area contributed by atoms with Gasteiger partial charge in [-0.3, -0.25) is 14.2 Å². The average Bonchev–Trinajstić information content (AvgIpc) is 3.40. The molecule has 4 aromatic rings. The zero-order valence-corrected chi connectivity index (χ0v) is 22.0. The summed E-state index contributed by atoms with van der Waals surface area (Å²) in [5.74, 6) is 2.22. The summed E-state index contributed by atoms with van der Waals surface area (Å²) in [6.07, 6.45) is 0.526. The number of rotatable bonds is 9. The van der Waals surface area contributed by atoms with Gasteiger partial charge in [-0.25, -0.2) is 4.98 Å². The standard InChI is InChI=1S/C28H27N3O6S/c1-4-25(26(32)29-18-6-5-7-20(12-18)35-3)38-28-30-22-14-24-23(36-16-37-24)13-21(22)27(33)31(28)15-17-8-10-19(34-2)11-9-17/h5-14,25H,4,15-16H2,1-3H3,(H,29,32). The highest BCUT2D eigenvalue weighted by Gasteiger charge is 2.24. The van der Waals surface area contributed by atoms with E-state index >= 15 is 0 Å². The van der Waals surface area contributed by atoms with E-state index in [9.17, 15) is 9.59 Å². The highest BCUT2D eigenvalue weighted by molar-refractivity contribution is 8.00. The fourth-order valence-electron chi connectivity index (χ4n) is 4.11. The lowest BCUT2D eigenvalue weighted by Crippen LogP contribution is -2.28. The smallest absolute Gasteiger partial charge is 0.262 e. The van der Waals surface area contributed by atoms with Crippen LogP contribution in [0.5, 0.6) is 23.0 Å². The Hall–Kier alpha value is -4.18. The monoisotopic (exact) mass is 533 g/mol. The molecular weight excluding hydrogens is 506 g/mol. The van der Waals surface area contributed by atoms with Crippen molar-refractivity contribution < 1.29 is 23.7 Å². The van der Waals surface area contributed by atoms with Gasteiger partial charge in [-0.1, -0.05) is 36.9 Å². The Morgan fingerprint density at radius 2 is 1.79 bits per heavy atom. The summed E-state index contributed by atoms with van der Waals surface area (Å²) in [5.41, 5.74) is 1.78. The summed E-state index contributed by atoms with van der Waals surface area (Å²) < 4.78 is 23.1. The number of ether oxygens (including phenoxy) is 4. The molecule has 0 bridgehead atoms. The summed E-state index contributed by atoms with van der Waals surface area (Å²) >= 11 is 1.25. The van der Waals surface area contributed by atoms with Gasteiger partial charge in [0.15, 0.2) is 16.7 Å². The minimum atomic E-state index is -0.498. The van der Waals surface area contributed by atoms with Crippen molar-refractivity contribution in [1.82, 2.24) is 9.55 Å². The largest absolute Gasteiger partial charge is 0.497 e. The van der Waals surface area contributed by atoms with Crippen LogP contribution >= 0.6 is 11.8 Å². The molecule has 0 aliphatic carbocycles. The second-order valence-electron chi connectivity index (χ2n) is 8.59. The van der Waals surface area contributed by atoms with Gasteiger partial charge in [0.1, 0.15) is 11.5 Å². The number of carbonyl (C=O) groups is 1. The molecule has 0 radical (unpaired) electrons. The Kier molecular flexibility index (Phi) is 7.41. The summed E-state index contributed by atoms with van der Waals surface area (Å²) in [6, 6.07) is 18.0. The Morgan fingerprint density at radius 3 is 2.50 bits per heavy atom. The SMILES string of the molecule is CCC(Sc1nc2cc3c(cc2c(=O)n1Cc1ccc(OC)cc1)OCO3)C(=O)Nc1cccc(OC)c1. The Balaban J connectivity index is 1.51. The topological polar surface area (TPSA) is 101 Å². The molecule has 1 amide bonds. The van der Waals surface area contributed by atoms with Gasteiger partial charge in [0, 0.05) is 17.8 Å². The maximum Gasteiger partial charge on any atom is 0.262 e. The Bertz CT molecular complexity index is 1540. The number of hydrogen-bond donors (Lipinski definition) is 1. The molecule has 1 aliphatic heterocycles. The second-order valence-corrected chi connectivity index (χ2v) is 9.76. The third kappa shape index (κ3) is 5.26. The highest BCUT2D eigenvalue weighted by Crippen LogP contribution is 2.36. The molecular formula is C28H27N3O6S. The summed E-state index contributed by atoms with van der Waals surface area (Å²) in [4.78, 5) is 31.8. The first-order valence-corrected chi connectivity index (χ1v) is 13.0. The molecule has 1 unspecified atom stereocenters. The summed E-state index contributed by atoms with van der Waals surface area (Å²) in [7, 11) is 3.18. The number of aromatic nitrogens is 2. The van der Waals surface area contributed by atoms with Crippen LogP contribution in [0.3, 0.4) is 0 Å². The lowest BCUT2D eigenvalue weighted by Gasteiger charge is -2.18. The minimum Gasteiger partial charge on any atom is -0.497 e. The normalized spacial score (nSPS) is 12.8. The van der Waals surface area contributed by atoms with Crippen molar-refractivity contribution in [3.05, 3.63) is 76.6 Å². The van der Waals surface area contributed by atoms with Gasteiger partial charge >= 0.3 is 0 Å². The first kappa shape index (κ1) is 25.5. The molecule has 3 aromatic carbocycles. The number of carbonyl (C=O) groups excluding carboxylic acids is 1. The molecule has 38 heavy (non-hydrogen) atoms. The van der Waals surface area contributed by atoms with Gasteiger partial charge in [-0.15, -0.1) is 0 Å². The third-order valence-corrected chi connectivity index (χ3v) is 7.52. The summed E-state index contributed by atoms with van der Waals surface area (Å²) in [6.45, 7) is 2.29. The maximum absolute atomic E-state index is 13.8. The van der Waals surface area contributed by atoms with Crippen molar-refractivity contribution in [2.24, 2.45) is 0 Å². The summed E-state index contributed by atoms with van der Waals surface area (Å²) in [5, 5.41) is 3.30. The average molecular weight is 534 g/mol. The molecule has 0 saturated heterocycles. The van der Waals surface area contributed by atoms with Crippen LogP contribution in [0.15, 0.2) is 70.6 Å². The van der Waals surface area contributed by atoms with E-state index in [1.54, 1.807) is 43.1 Å². The van der Waals surface area contributed by atoms with Gasteiger partial charge in [0.25, 0.3) is 5.56 Å². The predicted molar refractivity (Wildman–Crippen MR) is 146 cm³/mol. The van der Waals surface area contributed by atoms with Crippen LogP contribution in [0.25, 0.3) is 10.9 Å². The maximum atomic E-state index is 13.8. The highest BCUT2D eigenvalue weighted by atomic mass is 32.2. The van der Waals surface area contributed by atoms with E-state index < -0.39 is 5.25 Å². The van der Waals surface area contributed by atoms with Gasteiger partial charge in [0.2, 0.25) is 12.7 Å². The van der Waals surface area contributed by atoms with Crippen molar-refractivity contribution in [1.29, 1.82) is 0 Å². The molecule has 0 saturated carbocycles. The van der Waals surface area contributed by atoms with E-state index in [1.807, 2.05) is 43.3 Å². The first-order valence-electron chi connectivity index (χ1n) is 12.1. The van der Waals surface area contributed by atoms with Crippen molar-refractivity contribution in [2.45, 2.75) is 30.3 Å². The van der Waals surface area contributed by atoms with Crippen LogP contribution in [0.4, 0.5) is 5.69 Å². The molecule has 1 aliphatic rings. The number of methoxy groups -OCH3 is 2. The molecule has 1 atom stereocenters. The van der Waals surface area contributed by atoms with Gasteiger partial charge in [-0.05, 0) is 42.3 Å². The molecule has 2 heterocycles. The molecule has 1 N–H and O–H groups in total. The van der Waals surface area contributed by atoms with E-state index in [4.69, 9.17) is 23.9 Å². The lowest BCUT2D eigenvalue weighted by molar-refractivity contribution is -0.115. The Labute approximate surface area is 223 Å². The van der Waals surface area contributed by atoms with Crippen LogP contribution in [0, 0.1) is 0 Å². The van der Waals surface area contributed by atoms with Crippen molar-refractivity contribution in [3.8, 4) is 23.0 Å². The molecule has 5 rings (SSSR count). The van der Waals surface area contributed by atoms with Crippen LogP contribution in [-0.4, -0.2) is 41.7 Å². The zero-order valence-electron chi connectivity index (χ0n) is 21.2. The number of amides is 1. The fraction of sp³-hybridized carbons (Fsp3) is 0.250. The van der Waals surface area contributed by atoms with E-state index in [0.29, 0.717) is 45.4 Å². The number of nitrogens with zero attached hydrogens (tertiary/aromatic N) is 2. The van der Waals surface area contributed by atoms with Gasteiger partial charge < -0.3 is 24.3 Å². The van der Waals surface area contributed by atoms with Gasteiger partial charge in [-0.2, -0.15) is 0 Å². The third-order valence-electron chi connectivity index (χ3n) is 6.16. The molecule has 196 valence electrons. The number of benzene rings is 3. The van der Waals surface area contributed by atoms with Crippen LogP contribution in [0.1, 0.15) is 18.9 Å². The first-order chi connectivity index (χ1) is 18.5. The minimum absolute atomic E-state index is 0.0929. The number of fused-ring (bicyclic) bond motifs is 2. The molecule has 9 nitrogen and oxygen atoms in total. The fourth-order valence-corrected chi connectivity index (χ4v) is 5.12. The van der Waals surface area contributed by atoms with Crippen molar-refractivity contribution in [2.75, 3.05) is 26.3 Å². The molecule has 0 fully saturated rings. The van der Waals surface area contributed by atoms with Crippen LogP contribution in [-0.2, 0) is 11.3 Å². The van der Waals surface area contributed by atoms with E-state index in [2.05, 4.69) is 5.32 Å². The lowest BCUT2D eigenvalue weighted by atomic mass is 10.2.